The molecule has 2 atom stereocenters. The largest absolute Gasteiger partial charge is 0.489 e. The maximum atomic E-state index is 12.0. The van der Waals surface area contributed by atoms with Crippen LogP contribution in [0.5, 0.6) is 11.5 Å². The topological polar surface area (TPSA) is 101 Å². The van der Waals surface area contributed by atoms with Gasteiger partial charge >= 0.3 is 0 Å². The minimum atomic E-state index is -2.14. The fourth-order valence-corrected chi connectivity index (χ4v) is 8.83. The number of thioether (sulfide) groups is 1. The van der Waals surface area contributed by atoms with Gasteiger partial charge in [-0.05, 0) is 78.8 Å². The molecule has 56 heavy (non-hydrogen) atoms. The number of hydrogen-bond donors (Lipinski definition) is 1. The number of ether oxygens (including phenoxy) is 2. The van der Waals surface area contributed by atoms with E-state index in [1.165, 1.54) is 11.8 Å². The fraction of sp³-hybridized carbons (Fsp3) is 0.405. The lowest BCUT2D eigenvalue weighted by molar-refractivity contribution is -0.0363. The van der Waals surface area contributed by atoms with Gasteiger partial charge in [0.15, 0.2) is 19.3 Å². The summed E-state index contributed by atoms with van der Waals surface area (Å²) in [4.78, 5) is 14.0. The van der Waals surface area contributed by atoms with Crippen LogP contribution < -0.4 is 9.47 Å². The lowest BCUT2D eigenvalue weighted by atomic mass is 9.86. The van der Waals surface area contributed by atoms with Gasteiger partial charge in [0.1, 0.15) is 35.6 Å². The minimum Gasteiger partial charge on any atom is -0.489 e. The summed E-state index contributed by atoms with van der Waals surface area (Å²) in [5.74, 6) is 1.22. The second-order valence-corrected chi connectivity index (χ2v) is 24.9. The first kappa shape index (κ1) is 43.8. The van der Waals surface area contributed by atoms with Gasteiger partial charge in [0.2, 0.25) is 9.04 Å². The quantitative estimate of drug-likeness (QED) is 0.0477. The van der Waals surface area contributed by atoms with Gasteiger partial charge in [0.05, 0.1) is 34.0 Å². The van der Waals surface area contributed by atoms with Crippen LogP contribution in [0, 0.1) is 5.41 Å². The average Bonchev–Trinajstić information content (AvgIpc) is 3.47. The Balaban J connectivity index is 1.57. The number of halogens is 2. The van der Waals surface area contributed by atoms with Gasteiger partial charge in [0.25, 0.3) is 0 Å². The molecule has 5 rings (SSSR count). The van der Waals surface area contributed by atoms with Crippen molar-refractivity contribution < 1.29 is 23.5 Å². The molecule has 14 heteroatoms. The standard InChI is InChI=1S/C42H53Cl2N4O5SSi2/c1-41(2,3)38(53-55(8)9)34(26-51-56(10,11)42(4,5)6)52-30-23-31(43)35(32(44)24-30)39-47-36(37(48(39)49)33-20-21-45-40(46-33)54-7)28-18-15-19-29(22-28)50-25-27-16-13-12-14-17-27/h12-24,34,38,49H,25-26H2,1-11H3. The molecule has 1 radical (unpaired) electrons. The number of hydrogen-bond acceptors (Lipinski definition) is 9. The number of benzene rings is 3. The number of rotatable bonds is 15. The molecule has 2 heterocycles. The van der Waals surface area contributed by atoms with Crippen LogP contribution in [-0.2, 0) is 15.5 Å². The van der Waals surface area contributed by atoms with Crippen molar-refractivity contribution in [2.75, 3.05) is 12.9 Å². The third-order valence-electron chi connectivity index (χ3n) is 9.76. The Labute approximate surface area is 348 Å². The first-order valence-corrected chi connectivity index (χ1v) is 25.8. The van der Waals surface area contributed by atoms with Gasteiger partial charge in [-0.15, -0.1) is 0 Å². The third-order valence-corrected chi connectivity index (χ3v) is 16.1. The Hall–Kier alpha value is -3.37. The summed E-state index contributed by atoms with van der Waals surface area (Å²) >= 11 is 15.6. The molecule has 5 aromatic rings. The monoisotopic (exact) mass is 851 g/mol. The molecule has 1 N–H and O–H groups in total. The molecule has 0 aliphatic carbocycles. The van der Waals surface area contributed by atoms with Gasteiger partial charge in [0, 0.05) is 11.8 Å². The molecular formula is C42H53Cl2N4O5SSi2. The molecule has 0 saturated carbocycles. The Morgan fingerprint density at radius 2 is 1.57 bits per heavy atom. The molecule has 2 aromatic heterocycles. The predicted molar refractivity (Wildman–Crippen MR) is 233 cm³/mol. The van der Waals surface area contributed by atoms with Crippen molar-refractivity contribution in [3.63, 3.8) is 0 Å². The normalized spacial score (nSPS) is 13.5. The predicted octanol–water partition coefficient (Wildman–Crippen LogP) is 12.0. The smallest absolute Gasteiger partial charge is 0.205 e. The van der Waals surface area contributed by atoms with E-state index in [0.717, 1.165) is 10.3 Å². The second kappa shape index (κ2) is 18.1. The van der Waals surface area contributed by atoms with Gasteiger partial charge in [-0.3, -0.25) is 0 Å². The highest BCUT2D eigenvalue weighted by Crippen LogP contribution is 2.43. The molecule has 9 nitrogen and oxygen atoms in total. The van der Waals surface area contributed by atoms with Crippen molar-refractivity contribution in [1.29, 1.82) is 0 Å². The molecule has 0 aliphatic heterocycles. The van der Waals surface area contributed by atoms with Gasteiger partial charge in [-0.1, -0.05) is 119 Å². The zero-order valence-corrected chi connectivity index (χ0v) is 38.4. The molecule has 0 aliphatic rings. The van der Waals surface area contributed by atoms with E-state index in [4.69, 9.17) is 51.5 Å². The van der Waals surface area contributed by atoms with Crippen LogP contribution in [-0.4, -0.2) is 67.3 Å². The van der Waals surface area contributed by atoms with Crippen LogP contribution in [0.1, 0.15) is 47.1 Å². The summed E-state index contributed by atoms with van der Waals surface area (Å²) in [5.41, 5.74) is 3.07. The number of aromatic nitrogens is 4. The molecule has 299 valence electrons. The third kappa shape index (κ3) is 10.6. The average molecular weight is 853 g/mol. The summed E-state index contributed by atoms with van der Waals surface area (Å²) in [6, 6.07) is 22.6. The highest BCUT2D eigenvalue weighted by molar-refractivity contribution is 7.98. The van der Waals surface area contributed by atoms with Crippen LogP contribution in [0.2, 0.25) is 41.3 Å². The van der Waals surface area contributed by atoms with E-state index in [1.807, 2.05) is 60.9 Å². The maximum absolute atomic E-state index is 12.0. The van der Waals surface area contributed by atoms with Crippen molar-refractivity contribution in [3.05, 3.63) is 94.6 Å². The number of nitrogens with zero attached hydrogens (tertiary/aromatic N) is 4. The maximum Gasteiger partial charge on any atom is 0.205 e. The van der Waals surface area contributed by atoms with Gasteiger partial charge in [-0.25, -0.2) is 15.0 Å². The van der Waals surface area contributed by atoms with E-state index in [-0.39, 0.29) is 32.4 Å². The molecular weight excluding hydrogens is 800 g/mol. The van der Waals surface area contributed by atoms with Crippen molar-refractivity contribution in [2.45, 2.75) is 96.7 Å². The zero-order chi connectivity index (χ0) is 41.0. The zero-order valence-electron chi connectivity index (χ0n) is 34.1. The molecule has 3 aromatic carbocycles. The van der Waals surface area contributed by atoms with E-state index in [0.29, 0.717) is 58.1 Å². The molecule has 2 unspecified atom stereocenters. The lowest BCUT2D eigenvalue weighted by Gasteiger charge is -2.41. The van der Waals surface area contributed by atoms with E-state index >= 15 is 0 Å². The Kier molecular flexibility index (Phi) is 14.1. The Morgan fingerprint density at radius 3 is 2.18 bits per heavy atom. The second-order valence-electron chi connectivity index (χ2n) is 16.5. The van der Waals surface area contributed by atoms with Crippen LogP contribution in [0.4, 0.5) is 0 Å². The van der Waals surface area contributed by atoms with Crippen molar-refractivity contribution in [1.82, 2.24) is 19.7 Å². The molecule has 0 fully saturated rings. The first-order valence-electron chi connectivity index (χ1n) is 18.5. The summed E-state index contributed by atoms with van der Waals surface area (Å²) in [6.45, 7) is 22.5. The van der Waals surface area contributed by atoms with E-state index < -0.39 is 23.5 Å². The highest BCUT2D eigenvalue weighted by atomic mass is 35.5. The molecule has 0 saturated heterocycles. The molecule has 0 bridgehead atoms. The molecule has 0 spiro atoms. The summed E-state index contributed by atoms with van der Waals surface area (Å²) in [6.07, 6.45) is 2.81. The van der Waals surface area contributed by atoms with Crippen molar-refractivity contribution >= 4 is 52.3 Å². The van der Waals surface area contributed by atoms with Gasteiger partial charge in [-0.2, -0.15) is 4.73 Å². The first-order chi connectivity index (χ1) is 26.3. The van der Waals surface area contributed by atoms with Gasteiger partial charge < -0.3 is 23.5 Å². The minimum absolute atomic E-state index is 0.0114. The van der Waals surface area contributed by atoms with Crippen LogP contribution >= 0.6 is 35.0 Å². The van der Waals surface area contributed by atoms with Crippen LogP contribution in [0.25, 0.3) is 34.0 Å². The summed E-state index contributed by atoms with van der Waals surface area (Å²) < 4.78 is 27.2. The molecule has 0 amide bonds. The van der Waals surface area contributed by atoms with Crippen molar-refractivity contribution in [2.24, 2.45) is 5.41 Å². The summed E-state index contributed by atoms with van der Waals surface area (Å²) in [5, 5.41) is 13.0. The van der Waals surface area contributed by atoms with Crippen molar-refractivity contribution in [3.8, 4) is 45.5 Å². The fourth-order valence-electron chi connectivity index (χ4n) is 5.81. The highest BCUT2D eigenvalue weighted by Gasteiger charge is 2.41. The lowest BCUT2D eigenvalue weighted by Crippen LogP contribution is -2.51. The van der Waals surface area contributed by atoms with Crippen LogP contribution in [0.3, 0.4) is 0 Å². The number of imidazole rings is 1. The Bertz CT molecular complexity index is 2080. The van der Waals surface area contributed by atoms with E-state index in [2.05, 4.69) is 72.7 Å². The SMILES string of the molecule is CSc1nccc(-c2c(-c3cccc(OCc4ccccc4)c3)nc(-c3c(Cl)cc(OC(CO[Si](C)(C)C(C)(C)C)C(O[Si](C)C)C(C)(C)C)cc3Cl)n2O)n1. The van der Waals surface area contributed by atoms with E-state index in [1.54, 1.807) is 24.4 Å². The van der Waals surface area contributed by atoms with Crippen LogP contribution in [0.15, 0.2) is 84.1 Å². The van der Waals surface area contributed by atoms with E-state index in [9.17, 15) is 5.21 Å². The summed E-state index contributed by atoms with van der Waals surface area (Å²) in [7, 11) is -3.24. The Morgan fingerprint density at radius 1 is 0.893 bits per heavy atom.